The van der Waals surface area contributed by atoms with E-state index in [2.05, 4.69) is 12.0 Å². The maximum atomic E-state index is 13.3. The third-order valence-electron chi connectivity index (χ3n) is 6.52. The molecular weight excluding hydrogens is 428 g/mol. The Hall–Kier alpha value is -2.52. The minimum absolute atomic E-state index is 0.0405. The largest absolute Gasteiger partial charge is 0.312 e. The zero-order valence-corrected chi connectivity index (χ0v) is 19.7. The second-order valence-electron chi connectivity index (χ2n) is 8.86. The van der Waals surface area contributed by atoms with Crippen molar-refractivity contribution in [3.8, 4) is 0 Å². The van der Waals surface area contributed by atoms with E-state index in [0.717, 1.165) is 24.9 Å². The number of ketones is 1. The second kappa shape index (κ2) is 8.78. The molecule has 3 heterocycles. The Morgan fingerprint density at radius 1 is 1.09 bits per heavy atom. The summed E-state index contributed by atoms with van der Waals surface area (Å²) >= 11 is 0. The Kier molecular flexibility index (Phi) is 6.22. The van der Waals surface area contributed by atoms with Crippen LogP contribution in [-0.2, 0) is 21.4 Å². The van der Waals surface area contributed by atoms with Crippen LogP contribution in [0.25, 0.3) is 0 Å². The smallest absolute Gasteiger partial charge is 0.246 e. The van der Waals surface area contributed by atoms with E-state index in [1.165, 1.54) is 8.99 Å². The SMILES string of the molecule is Cc1nn(CC(=O)c2ccc(N3CCCC3=O)cc2)c(C)c1S(=O)(=O)N1CCC(C)CC1. The number of anilines is 1. The van der Waals surface area contributed by atoms with Gasteiger partial charge in [0, 0.05) is 37.3 Å². The third-order valence-corrected chi connectivity index (χ3v) is 8.68. The molecule has 0 bridgehead atoms. The van der Waals surface area contributed by atoms with Crippen LogP contribution in [0.4, 0.5) is 5.69 Å². The number of hydrogen-bond donors (Lipinski definition) is 0. The first-order valence-electron chi connectivity index (χ1n) is 11.2. The number of aromatic nitrogens is 2. The number of benzene rings is 1. The van der Waals surface area contributed by atoms with Gasteiger partial charge in [0.1, 0.15) is 11.4 Å². The van der Waals surface area contributed by atoms with Crippen molar-refractivity contribution in [1.82, 2.24) is 14.1 Å². The number of rotatable bonds is 6. The van der Waals surface area contributed by atoms with E-state index in [1.54, 1.807) is 43.0 Å². The van der Waals surface area contributed by atoms with E-state index in [9.17, 15) is 18.0 Å². The summed E-state index contributed by atoms with van der Waals surface area (Å²) in [6, 6.07) is 6.98. The molecule has 4 rings (SSSR count). The van der Waals surface area contributed by atoms with Crippen LogP contribution < -0.4 is 4.90 Å². The molecule has 1 aromatic heterocycles. The molecule has 1 aromatic carbocycles. The highest BCUT2D eigenvalue weighted by Gasteiger charge is 2.33. The summed E-state index contributed by atoms with van der Waals surface area (Å²) in [6.07, 6.45) is 3.10. The van der Waals surface area contributed by atoms with Crippen LogP contribution in [0.5, 0.6) is 0 Å². The second-order valence-corrected chi connectivity index (χ2v) is 10.7. The molecule has 2 aliphatic rings. The summed E-state index contributed by atoms with van der Waals surface area (Å²) in [4.78, 5) is 26.7. The number of nitrogens with zero attached hydrogens (tertiary/aromatic N) is 4. The molecule has 2 aromatic rings. The summed E-state index contributed by atoms with van der Waals surface area (Å²) in [7, 11) is -3.65. The summed E-state index contributed by atoms with van der Waals surface area (Å²) in [5, 5.41) is 4.38. The monoisotopic (exact) mass is 458 g/mol. The lowest BCUT2D eigenvalue weighted by atomic mass is 10.0. The van der Waals surface area contributed by atoms with Crippen molar-refractivity contribution in [2.75, 3.05) is 24.5 Å². The lowest BCUT2D eigenvalue weighted by Gasteiger charge is -2.29. The van der Waals surface area contributed by atoms with Crippen LogP contribution in [0.2, 0.25) is 0 Å². The van der Waals surface area contributed by atoms with E-state index in [0.29, 0.717) is 48.9 Å². The molecule has 0 spiro atoms. The fourth-order valence-corrected chi connectivity index (χ4v) is 6.38. The molecule has 1 amide bonds. The number of amides is 1. The van der Waals surface area contributed by atoms with Crippen molar-refractivity contribution in [2.24, 2.45) is 5.92 Å². The average Bonchev–Trinajstić information content (AvgIpc) is 3.31. The van der Waals surface area contributed by atoms with Crippen molar-refractivity contribution in [3.05, 3.63) is 41.2 Å². The van der Waals surface area contributed by atoms with Crippen molar-refractivity contribution >= 4 is 27.4 Å². The van der Waals surface area contributed by atoms with Crippen LogP contribution in [0.1, 0.15) is 54.4 Å². The molecule has 172 valence electrons. The van der Waals surface area contributed by atoms with Crippen molar-refractivity contribution in [2.45, 2.75) is 57.9 Å². The fourth-order valence-electron chi connectivity index (χ4n) is 4.54. The Balaban J connectivity index is 1.51. The number of aryl methyl sites for hydroxylation is 1. The van der Waals surface area contributed by atoms with E-state index >= 15 is 0 Å². The van der Waals surface area contributed by atoms with Gasteiger partial charge in [0.15, 0.2) is 5.78 Å². The predicted octanol–water partition coefficient (Wildman–Crippen LogP) is 2.93. The zero-order valence-electron chi connectivity index (χ0n) is 18.9. The molecule has 2 saturated heterocycles. The molecule has 2 fully saturated rings. The highest BCUT2D eigenvalue weighted by atomic mass is 32.2. The molecular formula is C23H30N4O4S. The maximum absolute atomic E-state index is 13.3. The molecule has 8 nitrogen and oxygen atoms in total. The quantitative estimate of drug-likeness (QED) is 0.621. The third kappa shape index (κ3) is 4.23. The molecule has 0 N–H and O–H groups in total. The average molecular weight is 459 g/mol. The van der Waals surface area contributed by atoms with Crippen LogP contribution in [0.15, 0.2) is 29.2 Å². The normalized spacial score (nSPS) is 18.5. The first kappa shape index (κ1) is 22.7. The van der Waals surface area contributed by atoms with Crippen molar-refractivity contribution in [3.63, 3.8) is 0 Å². The van der Waals surface area contributed by atoms with Gasteiger partial charge in [-0.25, -0.2) is 8.42 Å². The van der Waals surface area contributed by atoms with E-state index in [4.69, 9.17) is 0 Å². The summed E-state index contributed by atoms with van der Waals surface area (Å²) in [5.74, 6) is 0.466. The Bertz CT molecular complexity index is 1130. The number of Topliss-reactive ketones (excluding diaryl/α,β-unsaturated/α-hetero) is 1. The topological polar surface area (TPSA) is 92.6 Å². The molecule has 0 radical (unpaired) electrons. The Morgan fingerprint density at radius 3 is 2.34 bits per heavy atom. The van der Waals surface area contributed by atoms with Gasteiger partial charge in [-0.1, -0.05) is 6.92 Å². The number of hydrogen-bond acceptors (Lipinski definition) is 5. The van der Waals surface area contributed by atoms with Crippen LogP contribution in [0.3, 0.4) is 0 Å². The van der Waals surface area contributed by atoms with E-state index < -0.39 is 10.0 Å². The molecule has 32 heavy (non-hydrogen) atoms. The van der Waals surface area contributed by atoms with Gasteiger partial charge in [0.05, 0.1) is 11.4 Å². The van der Waals surface area contributed by atoms with Gasteiger partial charge >= 0.3 is 0 Å². The predicted molar refractivity (Wildman–Crippen MR) is 121 cm³/mol. The van der Waals surface area contributed by atoms with Gasteiger partial charge in [-0.2, -0.15) is 9.40 Å². The van der Waals surface area contributed by atoms with Gasteiger partial charge in [-0.15, -0.1) is 0 Å². The van der Waals surface area contributed by atoms with Crippen molar-refractivity contribution in [1.29, 1.82) is 0 Å². The Labute approximate surface area is 189 Å². The van der Waals surface area contributed by atoms with E-state index in [-0.39, 0.29) is 23.1 Å². The van der Waals surface area contributed by atoms with Crippen LogP contribution in [-0.4, -0.2) is 53.8 Å². The molecule has 9 heteroatoms. The fraction of sp³-hybridized carbons (Fsp3) is 0.522. The Morgan fingerprint density at radius 2 is 1.75 bits per heavy atom. The highest BCUT2D eigenvalue weighted by Crippen LogP contribution is 2.28. The number of sulfonamides is 1. The van der Waals surface area contributed by atoms with E-state index in [1.807, 2.05) is 0 Å². The van der Waals surface area contributed by atoms with Crippen LogP contribution >= 0.6 is 0 Å². The standard InChI is InChI=1S/C23H30N4O4S/c1-16-10-13-25(14-11-16)32(30,31)23-17(2)24-27(18(23)3)15-21(28)19-6-8-20(9-7-19)26-12-4-5-22(26)29/h6-9,16H,4-5,10-15H2,1-3H3. The number of piperidine rings is 1. The highest BCUT2D eigenvalue weighted by molar-refractivity contribution is 7.89. The lowest BCUT2D eigenvalue weighted by Crippen LogP contribution is -2.38. The first-order valence-corrected chi connectivity index (χ1v) is 12.6. The molecule has 0 atom stereocenters. The summed E-state index contributed by atoms with van der Waals surface area (Å²) < 4.78 is 29.5. The summed E-state index contributed by atoms with van der Waals surface area (Å²) in [5.41, 5.74) is 2.19. The van der Waals surface area contributed by atoms with Gasteiger partial charge in [0.2, 0.25) is 15.9 Å². The minimum atomic E-state index is -3.65. The van der Waals surface area contributed by atoms with Crippen LogP contribution in [0, 0.1) is 19.8 Å². The number of carbonyl (C=O) groups is 2. The van der Waals surface area contributed by atoms with Gasteiger partial charge in [0.25, 0.3) is 0 Å². The molecule has 0 aliphatic carbocycles. The minimum Gasteiger partial charge on any atom is -0.312 e. The molecule has 0 saturated carbocycles. The molecule has 2 aliphatic heterocycles. The zero-order chi connectivity index (χ0) is 23.0. The van der Waals surface area contributed by atoms with Gasteiger partial charge < -0.3 is 4.90 Å². The van der Waals surface area contributed by atoms with Gasteiger partial charge in [-0.05, 0) is 63.3 Å². The first-order chi connectivity index (χ1) is 15.2. The lowest BCUT2D eigenvalue weighted by molar-refractivity contribution is -0.117. The number of carbonyl (C=O) groups excluding carboxylic acids is 2. The summed E-state index contributed by atoms with van der Waals surface area (Å²) in [6.45, 7) is 7.20. The molecule has 0 unspecified atom stereocenters. The maximum Gasteiger partial charge on any atom is 0.246 e. The van der Waals surface area contributed by atoms with Gasteiger partial charge in [-0.3, -0.25) is 14.3 Å². The van der Waals surface area contributed by atoms with Crippen molar-refractivity contribution < 1.29 is 18.0 Å².